The Labute approximate surface area is 200 Å². The van der Waals surface area contributed by atoms with Gasteiger partial charge in [-0.15, -0.1) is 11.3 Å². The quantitative estimate of drug-likeness (QED) is 0.320. The summed E-state index contributed by atoms with van der Waals surface area (Å²) in [6.45, 7) is 0. The molecule has 32 heavy (non-hydrogen) atoms. The van der Waals surface area contributed by atoms with Crippen molar-refractivity contribution in [3.8, 4) is 0 Å². The molecule has 164 valence electrons. The fourth-order valence-electron chi connectivity index (χ4n) is 3.94. The van der Waals surface area contributed by atoms with Crippen LogP contribution in [0, 0.1) is 0 Å². The van der Waals surface area contributed by atoms with Crippen LogP contribution in [0.1, 0.15) is 44.3 Å². The molecule has 0 bridgehead atoms. The van der Waals surface area contributed by atoms with Crippen LogP contribution in [-0.2, 0) is 22.4 Å². The molecule has 1 aliphatic rings. The highest BCUT2D eigenvalue weighted by atomic mass is 35.5. The van der Waals surface area contributed by atoms with Crippen molar-refractivity contribution < 1.29 is 14.3 Å². The topological polar surface area (TPSA) is 55.4 Å². The molecule has 7 heteroatoms. The number of esters is 1. The average Bonchev–Trinajstić information content (AvgIpc) is 3.16. The summed E-state index contributed by atoms with van der Waals surface area (Å²) in [4.78, 5) is 26.3. The van der Waals surface area contributed by atoms with Crippen molar-refractivity contribution in [3.05, 3.63) is 91.8 Å². The van der Waals surface area contributed by atoms with Crippen LogP contribution in [0.2, 0.25) is 10.0 Å². The molecule has 0 spiro atoms. The first-order valence-corrected chi connectivity index (χ1v) is 11.8. The molecule has 1 aromatic heterocycles. The molecule has 1 amide bonds. The maximum absolute atomic E-state index is 12.6. The summed E-state index contributed by atoms with van der Waals surface area (Å²) >= 11 is 13.4. The maximum Gasteiger partial charge on any atom is 0.341 e. The number of carbonyl (C=O) groups is 2. The van der Waals surface area contributed by atoms with Gasteiger partial charge in [0.25, 0.3) is 0 Å². The van der Waals surface area contributed by atoms with Crippen LogP contribution in [0.25, 0.3) is 6.08 Å². The second-order valence-electron chi connectivity index (χ2n) is 7.55. The Hall–Kier alpha value is -2.60. The molecule has 0 saturated carbocycles. The zero-order valence-electron chi connectivity index (χ0n) is 17.4. The van der Waals surface area contributed by atoms with Gasteiger partial charge in [0.1, 0.15) is 5.00 Å². The van der Waals surface area contributed by atoms with Gasteiger partial charge in [0, 0.05) is 11.0 Å². The van der Waals surface area contributed by atoms with E-state index < -0.39 is 5.97 Å². The highest BCUT2D eigenvalue weighted by molar-refractivity contribution is 7.17. The first-order valence-electron chi connectivity index (χ1n) is 10.2. The molecule has 0 aliphatic heterocycles. The fourth-order valence-corrected chi connectivity index (χ4v) is 5.57. The first-order chi connectivity index (χ1) is 15.5. The number of carbonyl (C=O) groups excluding carboxylic acids is 2. The molecular formula is C25H21Cl2NO3S. The van der Waals surface area contributed by atoms with Crippen molar-refractivity contribution in [2.75, 3.05) is 12.4 Å². The number of benzene rings is 2. The summed E-state index contributed by atoms with van der Waals surface area (Å²) in [5, 5.41) is 4.26. The van der Waals surface area contributed by atoms with Crippen LogP contribution in [-0.4, -0.2) is 19.0 Å². The van der Waals surface area contributed by atoms with E-state index >= 15 is 0 Å². The van der Waals surface area contributed by atoms with Gasteiger partial charge in [-0.3, -0.25) is 4.79 Å². The summed E-state index contributed by atoms with van der Waals surface area (Å²) in [6, 6.07) is 15.5. The zero-order valence-corrected chi connectivity index (χ0v) is 19.7. The lowest BCUT2D eigenvalue weighted by atomic mass is 9.83. The molecular weight excluding hydrogens is 465 g/mol. The summed E-state index contributed by atoms with van der Waals surface area (Å²) in [5.41, 5.74) is 3.49. The number of rotatable bonds is 5. The number of halogens is 2. The van der Waals surface area contributed by atoms with Crippen LogP contribution in [0.4, 0.5) is 5.00 Å². The van der Waals surface area contributed by atoms with Crippen LogP contribution < -0.4 is 5.32 Å². The smallest absolute Gasteiger partial charge is 0.341 e. The molecule has 3 aromatic rings. The van der Waals surface area contributed by atoms with E-state index in [-0.39, 0.29) is 5.91 Å². The largest absolute Gasteiger partial charge is 0.465 e. The molecule has 1 aliphatic carbocycles. The maximum atomic E-state index is 12.6. The summed E-state index contributed by atoms with van der Waals surface area (Å²) in [6.07, 6.45) is 5.61. The Morgan fingerprint density at radius 1 is 1.12 bits per heavy atom. The third-order valence-corrected chi connectivity index (χ3v) is 7.44. The number of amides is 1. The Bertz CT molecular complexity index is 1190. The lowest BCUT2D eigenvalue weighted by Crippen LogP contribution is -2.15. The van der Waals surface area contributed by atoms with E-state index in [2.05, 4.69) is 17.4 Å². The molecule has 0 radical (unpaired) electrons. The standard InChI is InChI=1S/C25H21Cl2NO3S/c1-31-25(30)23-18-10-9-17(16-5-3-2-4-6-16)14-21(18)32-24(23)28-22(29)12-8-15-7-11-19(26)20(27)13-15/h2-8,11-13,17H,9-10,14H2,1H3,(H,28,29)/b12-8-/t17-/m0/s1. The van der Waals surface area contributed by atoms with Crippen molar-refractivity contribution in [2.24, 2.45) is 0 Å². The lowest BCUT2D eigenvalue weighted by molar-refractivity contribution is -0.111. The van der Waals surface area contributed by atoms with Gasteiger partial charge in [-0.2, -0.15) is 0 Å². The molecule has 0 fully saturated rings. The minimum Gasteiger partial charge on any atom is -0.465 e. The predicted octanol–water partition coefficient (Wildman–Crippen LogP) is 6.77. The van der Waals surface area contributed by atoms with E-state index in [0.29, 0.717) is 26.5 Å². The minimum atomic E-state index is -0.426. The molecule has 0 saturated heterocycles. The average molecular weight is 486 g/mol. The molecule has 0 unspecified atom stereocenters. The van der Waals surface area contributed by atoms with Gasteiger partial charge >= 0.3 is 5.97 Å². The Kier molecular flexibility index (Phi) is 6.99. The monoisotopic (exact) mass is 485 g/mol. The van der Waals surface area contributed by atoms with Gasteiger partial charge in [0.15, 0.2) is 0 Å². The van der Waals surface area contributed by atoms with Gasteiger partial charge in [-0.05, 0) is 60.1 Å². The van der Waals surface area contributed by atoms with Crippen molar-refractivity contribution in [3.63, 3.8) is 0 Å². The number of anilines is 1. The second kappa shape index (κ2) is 9.90. The van der Waals surface area contributed by atoms with Gasteiger partial charge in [0.05, 0.1) is 22.7 Å². The summed E-state index contributed by atoms with van der Waals surface area (Å²) in [7, 11) is 1.36. The number of methoxy groups -OCH3 is 1. The van der Waals surface area contributed by atoms with Gasteiger partial charge in [-0.25, -0.2) is 4.79 Å². The molecule has 1 atom stereocenters. The number of nitrogens with one attached hydrogen (secondary N) is 1. The van der Waals surface area contributed by atoms with Crippen molar-refractivity contribution >= 4 is 57.5 Å². The number of ether oxygens (including phenoxy) is 1. The van der Waals surface area contributed by atoms with Gasteiger partial charge < -0.3 is 10.1 Å². The van der Waals surface area contributed by atoms with E-state index in [9.17, 15) is 9.59 Å². The molecule has 4 nitrogen and oxygen atoms in total. The Morgan fingerprint density at radius 2 is 1.91 bits per heavy atom. The van der Waals surface area contributed by atoms with E-state index in [1.165, 1.54) is 30.1 Å². The van der Waals surface area contributed by atoms with Crippen molar-refractivity contribution in [2.45, 2.75) is 25.2 Å². The van der Waals surface area contributed by atoms with E-state index in [1.54, 1.807) is 24.3 Å². The third-order valence-electron chi connectivity index (χ3n) is 5.53. The number of hydrogen-bond acceptors (Lipinski definition) is 4. The van der Waals surface area contributed by atoms with E-state index in [1.807, 2.05) is 18.2 Å². The van der Waals surface area contributed by atoms with Crippen molar-refractivity contribution in [1.29, 1.82) is 0 Å². The Morgan fingerprint density at radius 3 is 2.62 bits per heavy atom. The van der Waals surface area contributed by atoms with Gasteiger partial charge in [-0.1, -0.05) is 59.6 Å². The summed E-state index contributed by atoms with van der Waals surface area (Å²) < 4.78 is 5.02. The lowest BCUT2D eigenvalue weighted by Gasteiger charge is -2.22. The van der Waals surface area contributed by atoms with Crippen LogP contribution in [0.15, 0.2) is 54.6 Å². The predicted molar refractivity (Wildman–Crippen MR) is 131 cm³/mol. The van der Waals surface area contributed by atoms with Crippen molar-refractivity contribution in [1.82, 2.24) is 0 Å². The van der Waals surface area contributed by atoms with Crippen LogP contribution in [0.5, 0.6) is 0 Å². The SMILES string of the molecule is COC(=O)c1c(NC(=O)/C=C\c2ccc(Cl)c(Cl)c2)sc2c1CC[C@H](c1ccccc1)C2. The minimum absolute atomic E-state index is 0.334. The van der Waals surface area contributed by atoms with Gasteiger partial charge in [0.2, 0.25) is 5.91 Å². The number of hydrogen-bond donors (Lipinski definition) is 1. The second-order valence-corrected chi connectivity index (χ2v) is 9.47. The zero-order chi connectivity index (χ0) is 22.7. The normalized spacial score (nSPS) is 15.4. The molecule has 1 N–H and O–H groups in total. The number of thiophene rings is 1. The number of fused-ring (bicyclic) bond motifs is 1. The van der Waals surface area contributed by atoms with Crippen LogP contribution in [0.3, 0.4) is 0 Å². The Balaban J connectivity index is 1.56. The molecule has 1 heterocycles. The molecule has 2 aromatic carbocycles. The van der Waals surface area contributed by atoms with E-state index in [4.69, 9.17) is 27.9 Å². The highest BCUT2D eigenvalue weighted by Crippen LogP contribution is 2.42. The molecule has 4 rings (SSSR count). The fraction of sp³-hybridized carbons (Fsp3) is 0.200. The van der Waals surface area contributed by atoms with E-state index in [0.717, 1.165) is 35.3 Å². The third kappa shape index (κ3) is 4.90. The first kappa shape index (κ1) is 22.6. The highest BCUT2D eigenvalue weighted by Gasteiger charge is 2.30. The summed E-state index contributed by atoms with van der Waals surface area (Å²) in [5.74, 6) is -0.366. The van der Waals surface area contributed by atoms with Crippen LogP contribution >= 0.6 is 34.5 Å².